The largest absolute Gasteiger partial charge is 0.369 e. The van der Waals surface area contributed by atoms with Gasteiger partial charge in [0.25, 0.3) is 5.91 Å². The first-order chi connectivity index (χ1) is 7.25. The number of hydrogen-bond donors (Lipinski definition) is 1. The van der Waals surface area contributed by atoms with Crippen molar-refractivity contribution in [1.29, 1.82) is 0 Å². The number of nitrogens with one attached hydrogen (secondary N) is 1. The molecule has 16 heavy (non-hydrogen) atoms. The standard InChI is InChI=1S/C11H22N2O2.ClH/c1-3-4-9-15-10(2)11(14)13-7-5-12-6-8-13;/h10,12H,3-9H2,1-2H3;1H. The van der Waals surface area contributed by atoms with Crippen molar-refractivity contribution >= 4 is 18.3 Å². The lowest BCUT2D eigenvalue weighted by atomic mass is 10.3. The number of halogens is 1. The molecule has 1 amide bonds. The quantitative estimate of drug-likeness (QED) is 0.742. The molecule has 1 rings (SSSR count). The SMILES string of the molecule is CCCCOC(C)C(=O)N1CCNCC1.Cl. The van der Waals surface area contributed by atoms with Crippen molar-refractivity contribution in [3.63, 3.8) is 0 Å². The number of piperazine rings is 1. The minimum atomic E-state index is -0.283. The van der Waals surface area contributed by atoms with Crippen molar-refractivity contribution in [2.75, 3.05) is 32.8 Å². The maximum atomic E-state index is 11.9. The first kappa shape index (κ1) is 15.7. The van der Waals surface area contributed by atoms with Gasteiger partial charge in [-0.3, -0.25) is 4.79 Å². The second-order valence-corrected chi connectivity index (χ2v) is 3.94. The van der Waals surface area contributed by atoms with Crippen LogP contribution < -0.4 is 5.32 Å². The third-order valence-electron chi connectivity index (χ3n) is 2.64. The van der Waals surface area contributed by atoms with Gasteiger partial charge in [0.2, 0.25) is 0 Å². The highest BCUT2D eigenvalue weighted by molar-refractivity contribution is 5.85. The summed E-state index contributed by atoms with van der Waals surface area (Å²) in [7, 11) is 0. The maximum absolute atomic E-state index is 11.9. The van der Waals surface area contributed by atoms with Crippen molar-refractivity contribution in [3.05, 3.63) is 0 Å². The summed E-state index contributed by atoms with van der Waals surface area (Å²) in [5.41, 5.74) is 0. The van der Waals surface area contributed by atoms with E-state index < -0.39 is 0 Å². The molecule has 0 spiro atoms. The number of ether oxygens (including phenoxy) is 1. The Morgan fingerprint density at radius 1 is 1.44 bits per heavy atom. The van der Waals surface area contributed by atoms with E-state index in [1.807, 2.05) is 11.8 Å². The van der Waals surface area contributed by atoms with Crippen LogP contribution >= 0.6 is 12.4 Å². The molecule has 96 valence electrons. The molecule has 1 aliphatic rings. The molecule has 1 aliphatic heterocycles. The summed E-state index contributed by atoms with van der Waals surface area (Å²) < 4.78 is 5.49. The first-order valence-corrected chi connectivity index (χ1v) is 5.86. The van der Waals surface area contributed by atoms with Crippen LogP contribution in [-0.4, -0.2) is 49.7 Å². The van der Waals surface area contributed by atoms with Crippen LogP contribution in [0.4, 0.5) is 0 Å². The number of amides is 1. The van der Waals surface area contributed by atoms with Crippen LogP contribution in [0.5, 0.6) is 0 Å². The Morgan fingerprint density at radius 3 is 2.62 bits per heavy atom. The van der Waals surface area contributed by atoms with Gasteiger partial charge in [-0.2, -0.15) is 0 Å². The monoisotopic (exact) mass is 250 g/mol. The Hall–Kier alpha value is -0.320. The van der Waals surface area contributed by atoms with E-state index in [2.05, 4.69) is 12.2 Å². The zero-order valence-electron chi connectivity index (χ0n) is 10.2. The van der Waals surface area contributed by atoms with E-state index in [4.69, 9.17) is 4.74 Å². The second-order valence-electron chi connectivity index (χ2n) is 3.94. The molecule has 4 nitrogen and oxygen atoms in total. The van der Waals surface area contributed by atoms with E-state index in [9.17, 15) is 4.79 Å². The summed E-state index contributed by atoms with van der Waals surface area (Å²) in [5.74, 6) is 0.132. The Bertz CT molecular complexity index is 196. The average molecular weight is 251 g/mol. The molecule has 0 aromatic carbocycles. The molecule has 1 saturated heterocycles. The van der Waals surface area contributed by atoms with Gasteiger partial charge in [0.1, 0.15) is 6.10 Å². The van der Waals surface area contributed by atoms with Crippen LogP contribution in [0, 0.1) is 0 Å². The number of carbonyl (C=O) groups is 1. The van der Waals surface area contributed by atoms with Crippen molar-refractivity contribution < 1.29 is 9.53 Å². The summed E-state index contributed by atoms with van der Waals surface area (Å²) in [4.78, 5) is 13.7. The molecule has 0 saturated carbocycles. The van der Waals surface area contributed by atoms with Gasteiger partial charge in [0.15, 0.2) is 0 Å². The van der Waals surface area contributed by atoms with E-state index in [-0.39, 0.29) is 24.4 Å². The summed E-state index contributed by atoms with van der Waals surface area (Å²) in [6, 6.07) is 0. The van der Waals surface area contributed by atoms with Crippen LogP contribution in [0.15, 0.2) is 0 Å². The van der Waals surface area contributed by atoms with Crippen molar-refractivity contribution in [2.24, 2.45) is 0 Å². The number of unbranched alkanes of at least 4 members (excludes halogenated alkanes) is 1. The van der Waals surface area contributed by atoms with Crippen molar-refractivity contribution in [1.82, 2.24) is 10.2 Å². The third-order valence-corrected chi connectivity index (χ3v) is 2.64. The third kappa shape index (κ3) is 5.14. The highest BCUT2D eigenvalue weighted by Crippen LogP contribution is 2.02. The van der Waals surface area contributed by atoms with Gasteiger partial charge in [-0.25, -0.2) is 0 Å². The van der Waals surface area contributed by atoms with Gasteiger partial charge in [-0.1, -0.05) is 13.3 Å². The molecule has 1 heterocycles. The van der Waals surface area contributed by atoms with Crippen LogP contribution in [0.3, 0.4) is 0 Å². The summed E-state index contributed by atoms with van der Waals surface area (Å²) in [6.45, 7) is 8.06. The van der Waals surface area contributed by atoms with Gasteiger partial charge >= 0.3 is 0 Å². The molecule has 0 radical (unpaired) electrons. The molecule has 0 aliphatic carbocycles. The summed E-state index contributed by atoms with van der Waals surface area (Å²) >= 11 is 0. The Morgan fingerprint density at radius 2 is 2.06 bits per heavy atom. The van der Waals surface area contributed by atoms with Gasteiger partial charge < -0.3 is 15.0 Å². The summed E-state index contributed by atoms with van der Waals surface area (Å²) in [6.07, 6.45) is 1.85. The highest BCUT2D eigenvalue weighted by Gasteiger charge is 2.21. The molecule has 0 aromatic heterocycles. The highest BCUT2D eigenvalue weighted by atomic mass is 35.5. The number of carbonyl (C=O) groups excluding carboxylic acids is 1. The topological polar surface area (TPSA) is 41.6 Å². The maximum Gasteiger partial charge on any atom is 0.251 e. The van der Waals surface area contributed by atoms with Gasteiger partial charge in [-0.05, 0) is 13.3 Å². The Balaban J connectivity index is 0.00000225. The molecular weight excluding hydrogens is 228 g/mol. The zero-order valence-corrected chi connectivity index (χ0v) is 11.0. The van der Waals surface area contributed by atoms with E-state index >= 15 is 0 Å². The Labute approximate surface area is 104 Å². The van der Waals surface area contributed by atoms with Crippen LogP contribution in [-0.2, 0) is 9.53 Å². The van der Waals surface area contributed by atoms with Gasteiger partial charge in [0, 0.05) is 32.8 Å². The lowest BCUT2D eigenvalue weighted by Crippen LogP contribution is -2.49. The van der Waals surface area contributed by atoms with Crippen molar-refractivity contribution in [3.8, 4) is 0 Å². The van der Waals surface area contributed by atoms with E-state index in [0.29, 0.717) is 6.61 Å². The predicted molar refractivity (Wildman–Crippen MR) is 67.0 cm³/mol. The normalized spacial score (nSPS) is 17.8. The lowest BCUT2D eigenvalue weighted by molar-refractivity contribution is -0.143. The molecule has 5 heteroatoms. The first-order valence-electron chi connectivity index (χ1n) is 5.86. The van der Waals surface area contributed by atoms with E-state index in [1.54, 1.807) is 0 Å². The minimum Gasteiger partial charge on any atom is -0.369 e. The fourth-order valence-electron chi connectivity index (χ4n) is 1.62. The predicted octanol–water partition coefficient (Wildman–Crippen LogP) is 1.05. The summed E-state index contributed by atoms with van der Waals surface area (Å²) in [5, 5.41) is 3.23. The lowest BCUT2D eigenvalue weighted by Gasteiger charge is -2.29. The molecule has 1 unspecified atom stereocenters. The van der Waals surface area contributed by atoms with Gasteiger partial charge in [0.05, 0.1) is 0 Å². The molecule has 1 N–H and O–H groups in total. The van der Waals surface area contributed by atoms with Crippen LogP contribution in [0.2, 0.25) is 0 Å². The van der Waals surface area contributed by atoms with E-state index in [0.717, 1.165) is 39.0 Å². The number of rotatable bonds is 5. The number of hydrogen-bond acceptors (Lipinski definition) is 3. The van der Waals surface area contributed by atoms with Crippen LogP contribution in [0.25, 0.3) is 0 Å². The van der Waals surface area contributed by atoms with E-state index in [1.165, 1.54) is 0 Å². The Kier molecular flexibility index (Phi) is 8.61. The molecular formula is C11H23ClN2O2. The fourth-order valence-corrected chi connectivity index (χ4v) is 1.62. The zero-order chi connectivity index (χ0) is 11.1. The molecule has 0 bridgehead atoms. The fraction of sp³-hybridized carbons (Fsp3) is 0.909. The smallest absolute Gasteiger partial charge is 0.251 e. The van der Waals surface area contributed by atoms with Crippen molar-refractivity contribution in [2.45, 2.75) is 32.8 Å². The molecule has 1 fully saturated rings. The molecule has 1 atom stereocenters. The number of nitrogens with zero attached hydrogens (tertiary/aromatic N) is 1. The van der Waals surface area contributed by atoms with Crippen LogP contribution in [0.1, 0.15) is 26.7 Å². The minimum absolute atomic E-state index is 0. The van der Waals surface area contributed by atoms with Gasteiger partial charge in [-0.15, -0.1) is 12.4 Å². The molecule has 0 aromatic rings. The average Bonchev–Trinajstić information content (AvgIpc) is 2.29. The second kappa shape index (κ2) is 8.79.